The molecule has 1 aliphatic heterocycles. The van der Waals surface area contributed by atoms with Crippen LogP contribution in [0.25, 0.3) is 11.3 Å². The summed E-state index contributed by atoms with van der Waals surface area (Å²) < 4.78 is 10.8. The van der Waals surface area contributed by atoms with Crippen LogP contribution < -0.4 is 19.7 Å². The van der Waals surface area contributed by atoms with Crippen molar-refractivity contribution in [2.45, 2.75) is 27.2 Å². The number of carbonyl (C=O) groups excluding carboxylic acids is 2. The number of aromatic nitrogens is 2. The van der Waals surface area contributed by atoms with Gasteiger partial charge in [0.2, 0.25) is 5.91 Å². The molecule has 0 saturated carbocycles. The highest BCUT2D eigenvalue weighted by atomic mass is 16.5. The van der Waals surface area contributed by atoms with E-state index in [1.165, 1.54) is 0 Å². The average Bonchev–Trinajstić information content (AvgIpc) is 2.99. The number of hydrogen-bond donors (Lipinski definition) is 1. The fourth-order valence-corrected chi connectivity index (χ4v) is 4.49. The Kier molecular flexibility index (Phi) is 11.6. The normalized spacial score (nSPS) is 13.4. The van der Waals surface area contributed by atoms with E-state index in [1.54, 1.807) is 19.1 Å². The van der Waals surface area contributed by atoms with Crippen LogP contribution in [0.4, 0.5) is 10.6 Å². The van der Waals surface area contributed by atoms with Gasteiger partial charge in [-0.05, 0) is 43.8 Å². The number of methoxy groups -OCH3 is 2. The molecule has 11 nitrogen and oxygen atoms in total. The first-order valence-corrected chi connectivity index (χ1v) is 13.8. The van der Waals surface area contributed by atoms with Crippen LogP contribution in [0.1, 0.15) is 27.2 Å². The van der Waals surface area contributed by atoms with Crippen LogP contribution in [-0.4, -0.2) is 117 Å². The number of ether oxygens (including phenoxy) is 2. The van der Waals surface area contributed by atoms with E-state index in [-0.39, 0.29) is 18.5 Å². The number of anilines is 1. The third-order valence-corrected chi connectivity index (χ3v) is 7.01. The Morgan fingerprint density at radius 2 is 1.69 bits per heavy atom. The number of nitrogens with zero attached hydrogens (tertiary/aromatic N) is 6. The largest absolute Gasteiger partial charge is 0.497 e. The van der Waals surface area contributed by atoms with Gasteiger partial charge in [-0.2, -0.15) is 0 Å². The molecule has 1 fully saturated rings. The standard InChI is InChI=1S/C28H43N7O4/c1-6-13-29-28(37)35(15-14-32(7-2)8-3)21-27(36)34-18-16-33(17-19-34)26-12-11-24(30-31-26)23-10-9-22(38-4)20-25(23)39-5/h9-12,20H,6-8,13-19,21H2,1-5H3,(H,29,37). The Balaban J connectivity index is 1.58. The Hall–Kier alpha value is -3.60. The van der Waals surface area contributed by atoms with Gasteiger partial charge in [0.05, 0.1) is 19.9 Å². The number of amides is 3. The van der Waals surface area contributed by atoms with Gasteiger partial charge in [0, 0.05) is 57.4 Å². The monoisotopic (exact) mass is 541 g/mol. The quantitative estimate of drug-likeness (QED) is 0.413. The highest BCUT2D eigenvalue weighted by Gasteiger charge is 2.25. The first-order valence-electron chi connectivity index (χ1n) is 13.8. The third kappa shape index (κ3) is 8.19. The molecule has 214 valence electrons. The molecule has 39 heavy (non-hydrogen) atoms. The lowest BCUT2D eigenvalue weighted by Gasteiger charge is -2.36. The van der Waals surface area contributed by atoms with E-state index in [1.807, 2.05) is 42.2 Å². The van der Waals surface area contributed by atoms with E-state index in [9.17, 15) is 9.59 Å². The van der Waals surface area contributed by atoms with Crippen molar-refractivity contribution >= 4 is 17.8 Å². The van der Waals surface area contributed by atoms with Crippen molar-refractivity contribution in [2.24, 2.45) is 0 Å². The second kappa shape index (κ2) is 15.1. The smallest absolute Gasteiger partial charge is 0.317 e. The van der Waals surface area contributed by atoms with Crippen LogP contribution >= 0.6 is 0 Å². The third-order valence-electron chi connectivity index (χ3n) is 7.01. The van der Waals surface area contributed by atoms with Gasteiger partial charge in [0.15, 0.2) is 5.82 Å². The molecule has 0 unspecified atom stereocenters. The zero-order valence-electron chi connectivity index (χ0n) is 24.0. The number of likely N-dealkylation sites (N-methyl/N-ethyl adjacent to an activating group) is 1. The molecule has 1 aromatic heterocycles. The molecule has 3 rings (SSSR count). The molecule has 1 saturated heterocycles. The summed E-state index contributed by atoms with van der Waals surface area (Å²) >= 11 is 0. The second-order valence-electron chi connectivity index (χ2n) is 9.39. The molecule has 2 heterocycles. The Bertz CT molecular complexity index is 1050. The van der Waals surface area contributed by atoms with Crippen molar-refractivity contribution in [3.8, 4) is 22.8 Å². The molecule has 1 aromatic carbocycles. The van der Waals surface area contributed by atoms with Gasteiger partial charge in [-0.15, -0.1) is 10.2 Å². The van der Waals surface area contributed by atoms with Crippen molar-refractivity contribution < 1.29 is 19.1 Å². The van der Waals surface area contributed by atoms with Gasteiger partial charge < -0.3 is 34.4 Å². The van der Waals surface area contributed by atoms with Crippen LogP contribution in [0, 0.1) is 0 Å². The summed E-state index contributed by atoms with van der Waals surface area (Å²) in [5.74, 6) is 2.10. The average molecular weight is 542 g/mol. The summed E-state index contributed by atoms with van der Waals surface area (Å²) in [4.78, 5) is 33.7. The summed E-state index contributed by atoms with van der Waals surface area (Å²) in [6.07, 6.45) is 0.850. The SMILES string of the molecule is CCCNC(=O)N(CCN(CC)CC)CC(=O)N1CCN(c2ccc(-c3ccc(OC)cc3OC)nn2)CC1. The molecule has 1 N–H and O–H groups in total. The van der Waals surface area contributed by atoms with E-state index in [2.05, 4.69) is 39.2 Å². The predicted octanol–water partition coefficient (Wildman–Crippen LogP) is 2.57. The number of piperazine rings is 1. The van der Waals surface area contributed by atoms with Crippen molar-refractivity contribution in [3.63, 3.8) is 0 Å². The van der Waals surface area contributed by atoms with Crippen LogP contribution in [0.2, 0.25) is 0 Å². The number of nitrogens with one attached hydrogen (secondary N) is 1. The van der Waals surface area contributed by atoms with Crippen molar-refractivity contribution in [2.75, 3.05) is 84.6 Å². The van der Waals surface area contributed by atoms with Gasteiger partial charge in [-0.3, -0.25) is 4.79 Å². The lowest BCUT2D eigenvalue weighted by atomic mass is 10.1. The van der Waals surface area contributed by atoms with Crippen LogP contribution in [0.15, 0.2) is 30.3 Å². The number of urea groups is 1. The Morgan fingerprint density at radius 3 is 2.28 bits per heavy atom. The highest BCUT2D eigenvalue weighted by molar-refractivity contribution is 5.84. The van der Waals surface area contributed by atoms with Crippen LogP contribution in [-0.2, 0) is 4.79 Å². The maximum absolute atomic E-state index is 13.1. The summed E-state index contributed by atoms with van der Waals surface area (Å²) in [7, 11) is 3.23. The first-order chi connectivity index (χ1) is 18.9. The van der Waals surface area contributed by atoms with Crippen molar-refractivity contribution in [1.82, 2.24) is 30.2 Å². The Labute approximate surface area is 232 Å². The van der Waals surface area contributed by atoms with Gasteiger partial charge in [0.1, 0.15) is 18.0 Å². The van der Waals surface area contributed by atoms with E-state index in [4.69, 9.17) is 9.47 Å². The molecule has 0 aliphatic carbocycles. The molecule has 3 amide bonds. The van der Waals surface area contributed by atoms with E-state index in [0.717, 1.165) is 37.4 Å². The lowest BCUT2D eigenvalue weighted by Crippen LogP contribution is -2.53. The molecular formula is C28H43N7O4. The van der Waals surface area contributed by atoms with Gasteiger partial charge in [0.25, 0.3) is 0 Å². The topological polar surface area (TPSA) is 103 Å². The lowest BCUT2D eigenvalue weighted by molar-refractivity contribution is -0.132. The molecule has 0 radical (unpaired) electrons. The first kappa shape index (κ1) is 29.9. The van der Waals surface area contributed by atoms with Crippen LogP contribution in [0.3, 0.4) is 0 Å². The van der Waals surface area contributed by atoms with Crippen molar-refractivity contribution in [1.29, 1.82) is 0 Å². The second-order valence-corrected chi connectivity index (χ2v) is 9.39. The fourth-order valence-electron chi connectivity index (χ4n) is 4.49. The molecule has 0 bridgehead atoms. The number of rotatable bonds is 13. The van der Waals surface area contributed by atoms with Crippen LogP contribution in [0.5, 0.6) is 11.5 Å². The zero-order chi connectivity index (χ0) is 28.2. The summed E-state index contributed by atoms with van der Waals surface area (Å²) in [6.45, 7) is 12.4. The molecule has 0 atom stereocenters. The minimum atomic E-state index is -0.181. The molecule has 1 aliphatic rings. The van der Waals surface area contributed by atoms with Gasteiger partial charge in [-0.25, -0.2) is 4.79 Å². The van der Waals surface area contributed by atoms with E-state index in [0.29, 0.717) is 56.5 Å². The van der Waals surface area contributed by atoms with Gasteiger partial charge >= 0.3 is 6.03 Å². The summed E-state index contributed by atoms with van der Waals surface area (Å²) in [5.41, 5.74) is 1.54. The maximum Gasteiger partial charge on any atom is 0.317 e. The predicted molar refractivity (Wildman–Crippen MR) is 152 cm³/mol. The maximum atomic E-state index is 13.1. The molecule has 0 spiro atoms. The van der Waals surface area contributed by atoms with E-state index >= 15 is 0 Å². The van der Waals surface area contributed by atoms with Gasteiger partial charge in [-0.1, -0.05) is 20.8 Å². The number of hydrogen-bond acceptors (Lipinski definition) is 8. The van der Waals surface area contributed by atoms with E-state index < -0.39 is 0 Å². The molecule has 2 aromatic rings. The Morgan fingerprint density at radius 1 is 0.949 bits per heavy atom. The molecule has 11 heteroatoms. The summed E-state index contributed by atoms with van der Waals surface area (Å²) in [6, 6.07) is 9.27. The minimum Gasteiger partial charge on any atom is -0.497 e. The molecular weight excluding hydrogens is 498 g/mol. The van der Waals surface area contributed by atoms with Crippen molar-refractivity contribution in [3.05, 3.63) is 30.3 Å². The highest BCUT2D eigenvalue weighted by Crippen LogP contribution is 2.32. The minimum absolute atomic E-state index is 0.0334. The fraction of sp³-hybridized carbons (Fsp3) is 0.571. The zero-order valence-corrected chi connectivity index (χ0v) is 24.0. The summed E-state index contributed by atoms with van der Waals surface area (Å²) in [5, 5.41) is 11.8. The number of benzene rings is 1. The number of carbonyl (C=O) groups is 2.